The lowest BCUT2D eigenvalue weighted by Crippen LogP contribution is -2.49. The molecule has 1 fully saturated rings. The Bertz CT molecular complexity index is 272. The molecule has 0 bridgehead atoms. The van der Waals surface area contributed by atoms with Gasteiger partial charge in [0.2, 0.25) is 5.91 Å². The normalized spacial score (nSPS) is 17.5. The number of amides is 1. The van der Waals surface area contributed by atoms with Gasteiger partial charge in [-0.15, -0.1) is 0 Å². The molecule has 2 N–H and O–H groups in total. The van der Waals surface area contributed by atoms with Gasteiger partial charge in [0.15, 0.2) is 0 Å². The maximum atomic E-state index is 12.0. The van der Waals surface area contributed by atoms with E-state index < -0.39 is 6.10 Å². The van der Waals surface area contributed by atoms with E-state index in [1.165, 1.54) is 0 Å². The first-order valence-electron chi connectivity index (χ1n) is 7.05. The molecular weight excluding hydrogens is 262 g/mol. The summed E-state index contributed by atoms with van der Waals surface area (Å²) in [6.07, 6.45) is -0.590. The summed E-state index contributed by atoms with van der Waals surface area (Å²) in [5.74, 6) is 0.113. The second-order valence-corrected chi connectivity index (χ2v) is 5.05. The molecule has 118 valence electrons. The van der Waals surface area contributed by atoms with Gasteiger partial charge in [0.1, 0.15) is 0 Å². The third-order valence-electron chi connectivity index (χ3n) is 3.14. The maximum Gasteiger partial charge on any atom is 0.236 e. The number of carbonyl (C=O) groups is 1. The van der Waals surface area contributed by atoms with Gasteiger partial charge in [-0.25, -0.2) is 0 Å². The lowest BCUT2D eigenvalue weighted by Gasteiger charge is -2.29. The predicted molar refractivity (Wildman–Crippen MR) is 75.6 cm³/mol. The molecule has 20 heavy (non-hydrogen) atoms. The van der Waals surface area contributed by atoms with Crippen LogP contribution in [0.3, 0.4) is 0 Å². The molecule has 7 heteroatoms. The van der Waals surface area contributed by atoms with E-state index in [2.05, 4.69) is 5.32 Å². The van der Waals surface area contributed by atoms with Crippen LogP contribution in [0.5, 0.6) is 0 Å². The Balaban J connectivity index is 2.14. The zero-order valence-corrected chi connectivity index (χ0v) is 12.5. The molecule has 1 aliphatic heterocycles. The topological polar surface area (TPSA) is 74.3 Å². The van der Waals surface area contributed by atoms with Gasteiger partial charge in [0, 0.05) is 39.8 Å². The molecule has 1 amide bonds. The molecule has 0 aliphatic carbocycles. The Labute approximate surface area is 120 Å². The summed E-state index contributed by atoms with van der Waals surface area (Å²) in [6, 6.07) is 0. The fourth-order valence-corrected chi connectivity index (χ4v) is 2.08. The predicted octanol–water partition coefficient (Wildman–Crippen LogP) is -1.63. The van der Waals surface area contributed by atoms with Crippen LogP contribution in [0.4, 0.5) is 0 Å². The number of aliphatic hydroxyl groups excluding tert-OH is 1. The Morgan fingerprint density at radius 2 is 2.10 bits per heavy atom. The number of nitrogens with zero attached hydrogens (tertiary/aromatic N) is 2. The highest BCUT2D eigenvalue weighted by molar-refractivity contribution is 5.78. The minimum absolute atomic E-state index is 0.113. The van der Waals surface area contributed by atoms with E-state index in [0.29, 0.717) is 26.3 Å². The lowest BCUT2D eigenvalue weighted by molar-refractivity contribution is -0.133. The van der Waals surface area contributed by atoms with E-state index in [0.717, 1.165) is 26.2 Å². The highest BCUT2D eigenvalue weighted by Gasteiger charge is 2.18. The van der Waals surface area contributed by atoms with Crippen molar-refractivity contribution in [3.63, 3.8) is 0 Å². The fourth-order valence-electron chi connectivity index (χ4n) is 2.08. The molecule has 1 saturated heterocycles. The van der Waals surface area contributed by atoms with Crippen molar-refractivity contribution in [3.05, 3.63) is 0 Å². The molecular formula is C13H27N3O4. The van der Waals surface area contributed by atoms with Crippen LogP contribution < -0.4 is 5.32 Å². The molecule has 0 spiro atoms. The zero-order valence-electron chi connectivity index (χ0n) is 12.5. The Kier molecular flexibility index (Phi) is 8.72. The van der Waals surface area contributed by atoms with E-state index >= 15 is 0 Å². The molecule has 1 atom stereocenters. The van der Waals surface area contributed by atoms with Crippen LogP contribution in [0.1, 0.15) is 0 Å². The van der Waals surface area contributed by atoms with Crippen molar-refractivity contribution < 1.29 is 19.4 Å². The molecule has 1 heterocycles. The molecule has 1 aliphatic rings. The van der Waals surface area contributed by atoms with Gasteiger partial charge >= 0.3 is 0 Å². The van der Waals surface area contributed by atoms with Crippen molar-refractivity contribution in [2.75, 3.05) is 73.2 Å². The molecule has 0 aromatic rings. The summed E-state index contributed by atoms with van der Waals surface area (Å²) in [5.41, 5.74) is 0. The molecule has 0 saturated carbocycles. The van der Waals surface area contributed by atoms with E-state index in [1.54, 1.807) is 7.11 Å². The van der Waals surface area contributed by atoms with Gasteiger partial charge in [0.25, 0.3) is 0 Å². The van der Waals surface area contributed by atoms with Gasteiger partial charge < -0.3 is 24.8 Å². The molecule has 0 radical (unpaired) electrons. The van der Waals surface area contributed by atoms with Crippen molar-refractivity contribution in [1.82, 2.24) is 15.1 Å². The van der Waals surface area contributed by atoms with Crippen molar-refractivity contribution in [2.24, 2.45) is 0 Å². The third kappa shape index (κ3) is 7.16. The number of nitrogens with one attached hydrogen (secondary N) is 1. The molecule has 0 aromatic carbocycles. The van der Waals surface area contributed by atoms with Gasteiger partial charge in [0.05, 0.1) is 32.5 Å². The maximum absolute atomic E-state index is 12.0. The quantitative estimate of drug-likeness (QED) is 0.497. The minimum Gasteiger partial charge on any atom is -0.389 e. The van der Waals surface area contributed by atoms with Crippen molar-refractivity contribution in [3.8, 4) is 0 Å². The largest absolute Gasteiger partial charge is 0.389 e. The number of hydrogen-bond donors (Lipinski definition) is 2. The zero-order chi connectivity index (χ0) is 14.8. The van der Waals surface area contributed by atoms with Gasteiger partial charge in [-0.1, -0.05) is 0 Å². The number of carbonyl (C=O) groups excluding carboxylic acids is 1. The number of likely N-dealkylation sites (N-methyl/N-ethyl adjacent to an activating group) is 1. The van der Waals surface area contributed by atoms with E-state index in [4.69, 9.17) is 9.47 Å². The second kappa shape index (κ2) is 10.1. The Morgan fingerprint density at radius 1 is 1.40 bits per heavy atom. The van der Waals surface area contributed by atoms with Crippen molar-refractivity contribution >= 4 is 5.91 Å². The molecule has 1 rings (SSSR count). The first-order valence-corrected chi connectivity index (χ1v) is 7.05. The molecule has 7 nitrogen and oxygen atoms in total. The molecule has 0 aromatic heterocycles. The van der Waals surface area contributed by atoms with Crippen LogP contribution in [0.25, 0.3) is 0 Å². The number of aliphatic hydroxyl groups is 1. The van der Waals surface area contributed by atoms with Gasteiger partial charge in [-0.05, 0) is 7.05 Å². The summed E-state index contributed by atoms with van der Waals surface area (Å²) in [5, 5.41) is 13.0. The first-order chi connectivity index (χ1) is 9.63. The summed E-state index contributed by atoms with van der Waals surface area (Å²) in [4.78, 5) is 15.7. The number of hydrogen-bond acceptors (Lipinski definition) is 6. The Morgan fingerprint density at radius 3 is 2.75 bits per heavy atom. The standard InChI is InChI=1S/C13H27N3O4/c1-15(9-12(17)11-20-8-7-19-2)10-13(18)16-5-3-14-4-6-16/h12,14,17H,3-11H2,1-2H3. The number of ether oxygens (including phenoxy) is 2. The first kappa shape index (κ1) is 17.3. The van der Waals surface area contributed by atoms with E-state index in [1.807, 2.05) is 16.8 Å². The molecule has 1 unspecified atom stereocenters. The highest BCUT2D eigenvalue weighted by atomic mass is 16.5. The average molecular weight is 289 g/mol. The monoisotopic (exact) mass is 289 g/mol. The Hall–Kier alpha value is -0.730. The fraction of sp³-hybridized carbons (Fsp3) is 0.923. The van der Waals surface area contributed by atoms with Crippen molar-refractivity contribution in [2.45, 2.75) is 6.10 Å². The van der Waals surface area contributed by atoms with E-state index in [9.17, 15) is 9.90 Å². The highest BCUT2D eigenvalue weighted by Crippen LogP contribution is 1.97. The van der Waals surface area contributed by atoms with Crippen LogP contribution in [0.2, 0.25) is 0 Å². The lowest BCUT2D eigenvalue weighted by atomic mass is 10.3. The number of piperazine rings is 1. The third-order valence-corrected chi connectivity index (χ3v) is 3.14. The van der Waals surface area contributed by atoms with Crippen molar-refractivity contribution in [1.29, 1.82) is 0 Å². The SMILES string of the molecule is COCCOCC(O)CN(C)CC(=O)N1CCNCC1. The summed E-state index contributed by atoms with van der Waals surface area (Å²) in [7, 11) is 3.44. The van der Waals surface area contributed by atoms with Crippen LogP contribution in [-0.4, -0.2) is 100 Å². The number of methoxy groups -OCH3 is 1. The second-order valence-electron chi connectivity index (χ2n) is 5.05. The summed E-state index contributed by atoms with van der Waals surface area (Å²) < 4.78 is 10.1. The van der Waals surface area contributed by atoms with E-state index in [-0.39, 0.29) is 12.5 Å². The van der Waals surface area contributed by atoms with Crippen LogP contribution >= 0.6 is 0 Å². The van der Waals surface area contributed by atoms with Crippen LogP contribution in [0, 0.1) is 0 Å². The minimum atomic E-state index is -0.590. The summed E-state index contributed by atoms with van der Waals surface area (Å²) >= 11 is 0. The number of rotatable bonds is 9. The van der Waals surface area contributed by atoms with Gasteiger partial charge in [-0.3, -0.25) is 9.69 Å². The summed E-state index contributed by atoms with van der Waals surface area (Å²) in [6.45, 7) is 5.22. The van der Waals surface area contributed by atoms with Crippen LogP contribution in [-0.2, 0) is 14.3 Å². The van der Waals surface area contributed by atoms with Gasteiger partial charge in [-0.2, -0.15) is 0 Å². The average Bonchev–Trinajstić information content (AvgIpc) is 2.44. The van der Waals surface area contributed by atoms with Crippen LogP contribution in [0.15, 0.2) is 0 Å². The smallest absolute Gasteiger partial charge is 0.236 e.